The van der Waals surface area contributed by atoms with Crippen LogP contribution in [0.15, 0.2) is 35.6 Å². The molecule has 0 spiro atoms. The van der Waals surface area contributed by atoms with Crippen LogP contribution in [0.3, 0.4) is 0 Å². The number of carbonyl (C=O) groups is 2. The maximum Gasteiger partial charge on any atom is 0.319 e. The van der Waals surface area contributed by atoms with E-state index in [4.69, 9.17) is 12.5 Å². The molecule has 0 aromatic heterocycles. The van der Waals surface area contributed by atoms with Crippen LogP contribution in [0.1, 0.15) is 77.0 Å². The van der Waals surface area contributed by atoms with Crippen molar-refractivity contribution in [2.75, 3.05) is 33.4 Å². The van der Waals surface area contributed by atoms with Crippen molar-refractivity contribution in [1.82, 2.24) is 9.80 Å². The number of allylic oxidation sites excluding steroid dienone is 3. The smallest absolute Gasteiger partial charge is 0.319 e. The quantitative estimate of drug-likeness (QED) is 0.114. The van der Waals surface area contributed by atoms with Gasteiger partial charge in [0.15, 0.2) is 23.0 Å². The number of nitrogens with zero attached hydrogens (tertiary/aromatic N) is 2. The molecule has 0 radical (unpaired) electrons. The zero-order valence-electron chi connectivity index (χ0n) is 24.8. The zero-order chi connectivity index (χ0) is 29.0. The lowest BCUT2D eigenvalue weighted by Crippen LogP contribution is -2.35. The third kappa shape index (κ3) is 10.9. The van der Waals surface area contributed by atoms with Gasteiger partial charge in [0.1, 0.15) is 11.4 Å². The average Bonchev–Trinajstić information content (AvgIpc) is 2.91. The second-order valence-electron chi connectivity index (χ2n) is 11.1. The van der Waals surface area contributed by atoms with Crippen LogP contribution in [0.2, 0.25) is 0 Å². The highest BCUT2D eigenvalue weighted by atomic mass is 127. The molecule has 8 heteroatoms. The van der Waals surface area contributed by atoms with Crippen molar-refractivity contribution < 1.29 is 22.1 Å². The van der Waals surface area contributed by atoms with Gasteiger partial charge < -0.3 is 17.4 Å². The first kappa shape index (κ1) is 33.3. The Morgan fingerprint density at radius 1 is 1.26 bits per heavy atom. The lowest BCUT2D eigenvalue weighted by atomic mass is 9.91. The molecule has 0 saturated carbocycles. The second-order valence-corrected chi connectivity index (χ2v) is 11.6. The van der Waals surface area contributed by atoms with Crippen molar-refractivity contribution in [2.45, 2.75) is 85.8 Å². The number of hydrogen-bond acceptors (Lipinski definition) is 6. The molecule has 0 N–H and O–H groups in total. The molecular formula is C31H47IN2O5. The van der Waals surface area contributed by atoms with Gasteiger partial charge >= 0.3 is 5.97 Å². The van der Waals surface area contributed by atoms with Crippen LogP contribution in [0.25, 0.3) is 0 Å². The van der Waals surface area contributed by atoms with Crippen LogP contribution >= 0.6 is 23.0 Å². The van der Waals surface area contributed by atoms with Crippen molar-refractivity contribution >= 4 is 35.4 Å². The van der Waals surface area contributed by atoms with E-state index in [9.17, 15) is 9.59 Å². The number of benzene rings is 1. The van der Waals surface area contributed by atoms with Gasteiger partial charge in [0.25, 0.3) is 0 Å². The van der Waals surface area contributed by atoms with Crippen LogP contribution in [0.5, 0.6) is 5.75 Å². The molecule has 39 heavy (non-hydrogen) atoms. The summed E-state index contributed by atoms with van der Waals surface area (Å²) in [6.07, 6.45) is 8.65. The summed E-state index contributed by atoms with van der Waals surface area (Å²) in [5.74, 6) is 0.967. The number of halogens is 1. The second kappa shape index (κ2) is 16.4. The van der Waals surface area contributed by atoms with Crippen molar-refractivity contribution in [3.63, 3.8) is 0 Å². The van der Waals surface area contributed by atoms with Gasteiger partial charge in [-0.25, -0.2) is 0 Å². The number of aryl methyl sites for hydroxylation is 2. The minimum Gasteiger partial charge on any atom is -0.487 e. The Balaban J connectivity index is 2.09. The molecule has 1 aliphatic heterocycles. The summed E-state index contributed by atoms with van der Waals surface area (Å²) < 4.78 is 16.7. The summed E-state index contributed by atoms with van der Waals surface area (Å²) in [5.41, 5.74) is 5.48. The highest BCUT2D eigenvalue weighted by molar-refractivity contribution is 14.1. The first-order valence-electron chi connectivity index (χ1n) is 14.0. The molecule has 2 rings (SSSR count). The van der Waals surface area contributed by atoms with Crippen molar-refractivity contribution in [3.8, 4) is 5.75 Å². The van der Waals surface area contributed by atoms with Gasteiger partial charge in [0.05, 0.1) is 13.0 Å². The van der Waals surface area contributed by atoms with Crippen LogP contribution < -0.4 is 4.74 Å². The zero-order valence-corrected chi connectivity index (χ0v) is 27.0. The van der Waals surface area contributed by atoms with Crippen molar-refractivity contribution in [1.29, 1.82) is 0 Å². The highest BCUT2D eigenvalue weighted by Gasteiger charge is 2.29. The van der Waals surface area contributed by atoms with E-state index in [0.717, 1.165) is 68.7 Å². The Bertz CT molecular complexity index is 1020. The number of amides is 1. The molecule has 0 saturated heterocycles. The minimum absolute atomic E-state index is 0.146. The fraction of sp³-hybridized carbons (Fsp3) is 0.613. The van der Waals surface area contributed by atoms with E-state index >= 15 is 0 Å². The summed E-state index contributed by atoms with van der Waals surface area (Å²) in [4.78, 5) is 27.8. The van der Waals surface area contributed by atoms with Crippen molar-refractivity contribution in [2.24, 2.45) is 5.92 Å². The highest BCUT2D eigenvalue weighted by Crippen LogP contribution is 2.37. The molecule has 218 valence electrons. The molecule has 1 aromatic rings. The van der Waals surface area contributed by atoms with Crippen LogP contribution in [-0.4, -0.2) is 61.1 Å². The van der Waals surface area contributed by atoms with E-state index in [0.29, 0.717) is 13.2 Å². The lowest BCUT2D eigenvalue weighted by Gasteiger charge is -2.35. The Kier molecular flexibility index (Phi) is 14.0. The third-order valence-corrected chi connectivity index (χ3v) is 7.86. The van der Waals surface area contributed by atoms with E-state index in [1.54, 1.807) is 35.0 Å². The standard InChI is InChI=1S/C31H47IN2O5/c1-8-25(18-29(36)39-32)11-10-24(4)34(22-35)19-26(21-37-7)13-15-33(9-2)20-28-17-23(3)16-27-12-14-31(5,6)38-30(27)28/h10-11,16-17,22,26H,8-9,12-15,18-21H2,1-7H3/b24-10+,25-11+. The van der Waals surface area contributed by atoms with Gasteiger partial charge in [-0.1, -0.05) is 43.2 Å². The predicted octanol–water partition coefficient (Wildman–Crippen LogP) is 6.56. The first-order valence-corrected chi connectivity index (χ1v) is 14.9. The largest absolute Gasteiger partial charge is 0.487 e. The number of carbonyl (C=O) groups excluding carboxylic acids is 2. The number of hydrogen-bond donors (Lipinski definition) is 0. The molecule has 7 nitrogen and oxygen atoms in total. The number of methoxy groups -OCH3 is 1. The normalized spacial score (nSPS) is 15.9. The Labute approximate surface area is 249 Å². The van der Waals surface area contributed by atoms with Crippen LogP contribution in [0.4, 0.5) is 0 Å². The maximum atomic E-state index is 12.0. The summed E-state index contributed by atoms with van der Waals surface area (Å²) in [7, 11) is 1.71. The Morgan fingerprint density at radius 2 is 2.00 bits per heavy atom. The van der Waals surface area contributed by atoms with Gasteiger partial charge in [0, 0.05) is 37.4 Å². The summed E-state index contributed by atoms with van der Waals surface area (Å²) >= 11 is 1.61. The Morgan fingerprint density at radius 3 is 2.62 bits per heavy atom. The van der Waals surface area contributed by atoms with Gasteiger partial charge in [0.2, 0.25) is 6.41 Å². The molecular weight excluding hydrogens is 607 g/mol. The molecule has 0 bridgehead atoms. The van der Waals surface area contributed by atoms with Crippen molar-refractivity contribution in [3.05, 3.63) is 52.2 Å². The van der Waals surface area contributed by atoms with Crippen LogP contribution in [-0.2, 0) is 30.4 Å². The van der Waals surface area contributed by atoms with E-state index < -0.39 is 0 Å². The van der Waals surface area contributed by atoms with E-state index in [2.05, 4.69) is 44.7 Å². The minimum atomic E-state index is -0.274. The lowest BCUT2D eigenvalue weighted by molar-refractivity contribution is -0.130. The molecule has 1 atom stereocenters. The summed E-state index contributed by atoms with van der Waals surface area (Å²) in [6.45, 7) is 16.4. The summed E-state index contributed by atoms with van der Waals surface area (Å²) in [5, 5.41) is 0. The predicted molar refractivity (Wildman–Crippen MR) is 165 cm³/mol. The average molecular weight is 655 g/mol. The SMILES string of the molecule is CC/C(=C\C=C(/C)N(C=O)CC(CCN(CC)Cc1cc(C)cc2c1OC(C)(C)CC2)COC)CC(=O)OI. The van der Waals surface area contributed by atoms with Gasteiger partial charge in [-0.3, -0.25) is 14.5 Å². The molecule has 0 aliphatic carbocycles. The molecule has 1 amide bonds. The van der Waals surface area contributed by atoms with Crippen LogP contribution in [0, 0.1) is 12.8 Å². The summed E-state index contributed by atoms with van der Waals surface area (Å²) in [6, 6.07) is 4.52. The monoisotopic (exact) mass is 654 g/mol. The fourth-order valence-corrected chi connectivity index (χ4v) is 5.10. The number of ether oxygens (including phenoxy) is 2. The Hall–Kier alpha value is -1.91. The molecule has 1 aliphatic rings. The number of fused-ring (bicyclic) bond motifs is 1. The molecule has 0 fully saturated rings. The van der Waals surface area contributed by atoms with E-state index in [-0.39, 0.29) is 23.9 Å². The van der Waals surface area contributed by atoms with Gasteiger partial charge in [-0.05, 0) is 78.1 Å². The fourth-order valence-electron chi connectivity index (χ4n) is 4.94. The van der Waals surface area contributed by atoms with E-state index in [1.807, 2.05) is 26.0 Å². The number of rotatable bonds is 16. The van der Waals surface area contributed by atoms with Gasteiger partial charge in [-0.2, -0.15) is 0 Å². The molecule has 1 unspecified atom stereocenters. The molecule has 1 heterocycles. The topological polar surface area (TPSA) is 68.3 Å². The maximum absolute atomic E-state index is 12.0. The third-order valence-electron chi connectivity index (χ3n) is 7.37. The first-order chi connectivity index (χ1) is 18.5. The van der Waals surface area contributed by atoms with Gasteiger partial charge in [-0.15, -0.1) is 0 Å². The molecule has 1 aromatic carbocycles. The van der Waals surface area contributed by atoms with E-state index in [1.165, 1.54) is 16.7 Å².